The number of carbonyl (C=O) groups is 1. The number of nitrogens with two attached hydrogens (primary N) is 1. The topological polar surface area (TPSA) is 111 Å². The smallest absolute Gasteiger partial charge is 0.346 e. The number of amides is 2. The quantitative estimate of drug-likeness (QED) is 0.489. The number of anilines is 2. The molecule has 0 radical (unpaired) electrons. The van der Waals surface area contributed by atoms with Crippen molar-refractivity contribution in [1.29, 1.82) is 0 Å². The van der Waals surface area contributed by atoms with Gasteiger partial charge in [0.1, 0.15) is 11.6 Å². The van der Waals surface area contributed by atoms with Gasteiger partial charge in [0.2, 0.25) is 5.95 Å². The van der Waals surface area contributed by atoms with Gasteiger partial charge < -0.3 is 11.1 Å². The molecule has 1 aromatic carbocycles. The lowest BCUT2D eigenvalue weighted by atomic mass is 10.0. The van der Waals surface area contributed by atoms with Crippen LogP contribution in [0.5, 0.6) is 0 Å². The van der Waals surface area contributed by atoms with Gasteiger partial charge in [0.25, 0.3) is 0 Å². The largest absolute Gasteiger partial charge is 0.366 e. The Morgan fingerprint density at radius 2 is 1.97 bits per heavy atom. The Morgan fingerprint density at radius 3 is 2.76 bits per heavy atom. The highest BCUT2D eigenvalue weighted by Gasteiger charge is 2.32. The van der Waals surface area contributed by atoms with Crippen LogP contribution >= 0.6 is 0 Å². The minimum atomic E-state index is -0.712. The molecule has 3 aromatic heterocycles. The third-order valence-corrected chi connectivity index (χ3v) is 5.38. The van der Waals surface area contributed by atoms with E-state index in [2.05, 4.69) is 20.4 Å². The third kappa shape index (κ3) is 4.05. The summed E-state index contributed by atoms with van der Waals surface area (Å²) in [5.41, 5.74) is 9.16. The number of nitrogen functional groups attached to an aromatic ring is 1. The minimum absolute atomic E-state index is 0.167. The van der Waals surface area contributed by atoms with Crippen LogP contribution in [0.1, 0.15) is 23.7 Å². The molecule has 1 fully saturated rings. The maximum absolute atomic E-state index is 13.7. The second-order valence-corrected chi connectivity index (χ2v) is 7.64. The molecule has 5 rings (SSSR count). The number of rotatable bonds is 3. The average molecular weight is 451 g/mol. The average Bonchev–Trinajstić information content (AvgIpc) is 3.40. The summed E-state index contributed by atoms with van der Waals surface area (Å²) in [6, 6.07) is 7.39. The molecular formula is C22H19F2N7O2. The summed E-state index contributed by atoms with van der Waals surface area (Å²) < 4.78 is 28.9. The molecule has 1 aliphatic heterocycles. The normalized spacial score (nSPS) is 15.8. The van der Waals surface area contributed by atoms with Crippen LogP contribution in [-0.2, 0) is 4.84 Å². The van der Waals surface area contributed by atoms with Gasteiger partial charge in [-0.05, 0) is 42.8 Å². The van der Waals surface area contributed by atoms with Crippen LogP contribution in [0.4, 0.5) is 25.2 Å². The van der Waals surface area contributed by atoms with Crippen molar-refractivity contribution >= 4 is 23.3 Å². The van der Waals surface area contributed by atoms with Crippen LogP contribution in [-0.4, -0.2) is 37.3 Å². The van der Waals surface area contributed by atoms with E-state index < -0.39 is 23.7 Å². The molecule has 0 spiro atoms. The second kappa shape index (κ2) is 8.10. The van der Waals surface area contributed by atoms with Gasteiger partial charge >= 0.3 is 6.03 Å². The van der Waals surface area contributed by atoms with Crippen molar-refractivity contribution in [3.05, 3.63) is 71.7 Å². The fourth-order valence-corrected chi connectivity index (χ4v) is 3.80. The number of fused-ring (bicyclic) bond motifs is 1. The van der Waals surface area contributed by atoms with Gasteiger partial charge in [-0.25, -0.2) is 18.1 Å². The SMILES string of the molecule is Cc1ncc(-c2ccc3nc(N)nn3c2)cc1NC(=O)N1OCC[C@H]1c1cc(F)cc(F)c1. The lowest BCUT2D eigenvalue weighted by Gasteiger charge is -2.23. The molecule has 3 N–H and O–H groups in total. The van der Waals surface area contributed by atoms with E-state index in [1.54, 1.807) is 36.0 Å². The van der Waals surface area contributed by atoms with Crippen LogP contribution in [0.25, 0.3) is 16.8 Å². The number of nitrogens with zero attached hydrogens (tertiary/aromatic N) is 5. The van der Waals surface area contributed by atoms with Crippen molar-refractivity contribution < 1.29 is 18.4 Å². The molecule has 33 heavy (non-hydrogen) atoms. The van der Waals surface area contributed by atoms with Crippen LogP contribution in [0, 0.1) is 18.6 Å². The van der Waals surface area contributed by atoms with E-state index in [4.69, 9.17) is 10.6 Å². The Morgan fingerprint density at radius 1 is 1.18 bits per heavy atom. The Hall–Kier alpha value is -4.12. The highest BCUT2D eigenvalue weighted by molar-refractivity contribution is 5.90. The number of urea groups is 1. The van der Waals surface area contributed by atoms with Crippen LogP contribution in [0.15, 0.2) is 48.8 Å². The van der Waals surface area contributed by atoms with E-state index in [-0.39, 0.29) is 12.6 Å². The van der Waals surface area contributed by atoms with Gasteiger partial charge in [0.05, 0.1) is 24.0 Å². The number of pyridine rings is 2. The van der Waals surface area contributed by atoms with Gasteiger partial charge in [0.15, 0.2) is 5.65 Å². The Balaban J connectivity index is 1.40. The first-order chi connectivity index (χ1) is 15.9. The fourth-order valence-electron chi connectivity index (χ4n) is 3.80. The molecule has 1 atom stereocenters. The highest BCUT2D eigenvalue weighted by Crippen LogP contribution is 2.32. The summed E-state index contributed by atoms with van der Waals surface area (Å²) in [5, 5.41) is 8.00. The number of nitrogens with one attached hydrogen (secondary N) is 1. The molecule has 4 aromatic rings. The molecular weight excluding hydrogens is 432 g/mol. The van der Waals surface area contributed by atoms with E-state index in [1.807, 2.05) is 6.07 Å². The number of hydrogen-bond donors (Lipinski definition) is 2. The lowest BCUT2D eigenvalue weighted by molar-refractivity contribution is -0.0830. The zero-order chi connectivity index (χ0) is 23.1. The molecule has 4 heterocycles. The lowest BCUT2D eigenvalue weighted by Crippen LogP contribution is -2.33. The first kappa shape index (κ1) is 20.8. The van der Waals surface area contributed by atoms with Gasteiger partial charge in [-0.1, -0.05) is 0 Å². The third-order valence-electron chi connectivity index (χ3n) is 5.38. The summed E-state index contributed by atoms with van der Waals surface area (Å²) >= 11 is 0. The van der Waals surface area contributed by atoms with Crippen molar-refractivity contribution in [1.82, 2.24) is 24.6 Å². The highest BCUT2D eigenvalue weighted by atomic mass is 19.1. The molecule has 11 heteroatoms. The molecule has 1 saturated heterocycles. The summed E-state index contributed by atoms with van der Waals surface area (Å²) in [6.07, 6.45) is 3.85. The summed E-state index contributed by atoms with van der Waals surface area (Å²) in [7, 11) is 0. The number of benzene rings is 1. The van der Waals surface area contributed by atoms with Crippen molar-refractivity contribution in [2.45, 2.75) is 19.4 Å². The number of carbonyl (C=O) groups excluding carboxylic acids is 1. The van der Waals surface area contributed by atoms with E-state index in [0.717, 1.165) is 22.3 Å². The number of aryl methyl sites for hydroxylation is 1. The van der Waals surface area contributed by atoms with Crippen LogP contribution in [0.3, 0.4) is 0 Å². The maximum atomic E-state index is 13.7. The van der Waals surface area contributed by atoms with Crippen LogP contribution < -0.4 is 11.1 Å². The van der Waals surface area contributed by atoms with Gasteiger partial charge in [-0.2, -0.15) is 10.0 Å². The fraction of sp³-hybridized carbons (Fsp3) is 0.182. The van der Waals surface area contributed by atoms with E-state index in [0.29, 0.717) is 29.0 Å². The molecule has 168 valence electrons. The van der Waals surface area contributed by atoms with Gasteiger partial charge in [-0.15, -0.1) is 5.10 Å². The van der Waals surface area contributed by atoms with Crippen molar-refractivity contribution in [3.8, 4) is 11.1 Å². The van der Waals surface area contributed by atoms with Gasteiger partial charge in [0, 0.05) is 36.0 Å². The predicted molar refractivity (Wildman–Crippen MR) is 116 cm³/mol. The van der Waals surface area contributed by atoms with Crippen molar-refractivity contribution in [3.63, 3.8) is 0 Å². The number of hydroxylamine groups is 2. The Kier molecular flexibility index (Phi) is 5.09. The summed E-state index contributed by atoms with van der Waals surface area (Å²) in [5.74, 6) is -1.26. The van der Waals surface area contributed by atoms with Gasteiger partial charge in [-0.3, -0.25) is 9.82 Å². The Labute approximate surface area is 186 Å². The Bertz CT molecular complexity index is 1350. The van der Waals surface area contributed by atoms with E-state index in [1.165, 1.54) is 12.1 Å². The maximum Gasteiger partial charge on any atom is 0.346 e. The molecule has 0 unspecified atom stereocenters. The monoisotopic (exact) mass is 451 g/mol. The second-order valence-electron chi connectivity index (χ2n) is 7.64. The molecule has 9 nitrogen and oxygen atoms in total. The molecule has 0 aliphatic carbocycles. The number of halogens is 2. The first-order valence-corrected chi connectivity index (χ1v) is 10.2. The van der Waals surface area contributed by atoms with E-state index in [9.17, 15) is 13.6 Å². The molecule has 0 saturated carbocycles. The zero-order valence-electron chi connectivity index (χ0n) is 17.5. The molecule has 1 aliphatic rings. The standard InChI is InChI=1S/C22H19F2N7O2/c1-12-18(8-15(10-26-12)13-2-3-20-28-21(25)29-30(20)11-13)27-22(32)31-19(4-5-33-31)14-6-16(23)9-17(24)7-14/h2-3,6-11,19H,4-5H2,1H3,(H2,25,29)(H,27,32)/t19-/m0/s1. The van der Waals surface area contributed by atoms with E-state index >= 15 is 0 Å². The minimum Gasteiger partial charge on any atom is -0.366 e. The summed E-state index contributed by atoms with van der Waals surface area (Å²) in [6.45, 7) is 2.00. The predicted octanol–water partition coefficient (Wildman–Crippen LogP) is 3.87. The first-order valence-electron chi connectivity index (χ1n) is 10.2. The molecule has 2 amide bonds. The zero-order valence-corrected chi connectivity index (χ0v) is 17.5. The molecule has 0 bridgehead atoms. The van der Waals surface area contributed by atoms with Crippen LogP contribution in [0.2, 0.25) is 0 Å². The van der Waals surface area contributed by atoms with Crippen molar-refractivity contribution in [2.75, 3.05) is 17.7 Å². The number of aromatic nitrogens is 4. The van der Waals surface area contributed by atoms with Crippen molar-refractivity contribution in [2.24, 2.45) is 0 Å². The number of hydrogen-bond acceptors (Lipinski definition) is 6. The summed E-state index contributed by atoms with van der Waals surface area (Å²) in [4.78, 5) is 26.9.